The average molecular weight is 344 g/mol. The Hall–Kier alpha value is -1.83. The summed E-state index contributed by atoms with van der Waals surface area (Å²) < 4.78 is 9.88. The number of aliphatic hydroxyl groups excluding tert-OH is 1. The molecule has 24 heavy (non-hydrogen) atoms. The van der Waals surface area contributed by atoms with E-state index in [4.69, 9.17) is 9.47 Å². The fourth-order valence-electron chi connectivity index (χ4n) is 2.54. The first kappa shape index (κ1) is 20.2. The van der Waals surface area contributed by atoms with Gasteiger partial charge in [0.05, 0.1) is 13.2 Å². The fourth-order valence-corrected chi connectivity index (χ4v) is 2.54. The normalized spacial score (nSPS) is 22.2. The van der Waals surface area contributed by atoms with Crippen molar-refractivity contribution in [3.05, 3.63) is 0 Å². The molecule has 8 heteroatoms. The monoisotopic (exact) mass is 344 g/mol. The number of likely N-dealkylation sites (tertiary alicyclic amines) is 1. The lowest BCUT2D eigenvalue weighted by molar-refractivity contribution is -0.152. The van der Waals surface area contributed by atoms with Gasteiger partial charge >= 0.3 is 12.1 Å². The second-order valence-corrected chi connectivity index (χ2v) is 7.29. The minimum absolute atomic E-state index is 0.0256. The second-order valence-electron chi connectivity index (χ2n) is 7.29. The number of methoxy groups -OCH3 is 1. The number of nitrogens with one attached hydrogen (secondary N) is 1. The number of hydrogen-bond donors (Lipinski definition) is 2. The van der Waals surface area contributed by atoms with E-state index in [-0.39, 0.29) is 18.9 Å². The van der Waals surface area contributed by atoms with Crippen molar-refractivity contribution in [2.24, 2.45) is 5.92 Å². The van der Waals surface area contributed by atoms with Gasteiger partial charge in [-0.2, -0.15) is 0 Å². The molecular formula is C16H28N2O6. The van der Waals surface area contributed by atoms with Gasteiger partial charge in [-0.1, -0.05) is 13.8 Å². The van der Waals surface area contributed by atoms with Gasteiger partial charge in [0.15, 0.2) is 0 Å². The summed E-state index contributed by atoms with van der Waals surface area (Å²) in [5.41, 5.74) is -0.687. The van der Waals surface area contributed by atoms with Gasteiger partial charge in [0.1, 0.15) is 17.7 Å². The minimum Gasteiger partial charge on any atom is -0.467 e. The lowest BCUT2D eigenvalue weighted by Crippen LogP contribution is -2.54. The standard InChI is InChI=1S/C16H28N2O6/c1-9(2)12(17-15(22)24-16(3,4)5)13(20)18-8-10(19)7-11(18)14(21)23-6/h9-12,19H,7-8H2,1-6H3,(H,17,22)/t10-,11+,12+/m1/s1. The number of alkyl carbamates (subject to hydrolysis) is 1. The first-order valence-corrected chi connectivity index (χ1v) is 8.02. The molecule has 138 valence electrons. The van der Waals surface area contributed by atoms with Crippen LogP contribution in [0.5, 0.6) is 0 Å². The van der Waals surface area contributed by atoms with Gasteiger partial charge in [-0.25, -0.2) is 9.59 Å². The number of ether oxygens (including phenoxy) is 2. The molecule has 0 saturated carbocycles. The highest BCUT2D eigenvalue weighted by Gasteiger charge is 2.43. The number of carbonyl (C=O) groups is 3. The molecule has 0 aromatic carbocycles. The second kappa shape index (κ2) is 7.83. The van der Waals surface area contributed by atoms with Crippen LogP contribution >= 0.6 is 0 Å². The summed E-state index contributed by atoms with van der Waals surface area (Å²) >= 11 is 0. The maximum Gasteiger partial charge on any atom is 0.408 e. The third-order valence-electron chi connectivity index (χ3n) is 3.64. The zero-order valence-electron chi connectivity index (χ0n) is 15.2. The van der Waals surface area contributed by atoms with Crippen molar-refractivity contribution in [3.8, 4) is 0 Å². The molecular weight excluding hydrogens is 316 g/mol. The molecule has 2 amide bonds. The van der Waals surface area contributed by atoms with Crippen LogP contribution < -0.4 is 5.32 Å². The van der Waals surface area contributed by atoms with E-state index in [2.05, 4.69) is 5.32 Å². The summed E-state index contributed by atoms with van der Waals surface area (Å²) in [4.78, 5) is 37.9. The van der Waals surface area contributed by atoms with Crippen LogP contribution in [0, 0.1) is 5.92 Å². The quantitative estimate of drug-likeness (QED) is 0.726. The summed E-state index contributed by atoms with van der Waals surface area (Å²) in [5, 5.41) is 12.4. The molecule has 0 aliphatic carbocycles. The van der Waals surface area contributed by atoms with Crippen molar-refractivity contribution in [1.29, 1.82) is 0 Å². The van der Waals surface area contributed by atoms with Crippen molar-refractivity contribution in [3.63, 3.8) is 0 Å². The Morgan fingerprint density at radius 3 is 2.29 bits per heavy atom. The van der Waals surface area contributed by atoms with Gasteiger partial charge < -0.3 is 24.8 Å². The number of nitrogens with zero attached hydrogens (tertiary/aromatic N) is 1. The molecule has 3 atom stereocenters. The highest BCUT2D eigenvalue weighted by Crippen LogP contribution is 2.22. The summed E-state index contributed by atoms with van der Waals surface area (Å²) in [6.45, 7) is 8.76. The Morgan fingerprint density at radius 2 is 1.83 bits per heavy atom. The van der Waals surface area contributed by atoms with Crippen LogP contribution in [0.2, 0.25) is 0 Å². The van der Waals surface area contributed by atoms with E-state index in [9.17, 15) is 19.5 Å². The number of aliphatic hydroxyl groups is 1. The van der Waals surface area contributed by atoms with Crippen LogP contribution in [0.1, 0.15) is 41.0 Å². The molecule has 1 saturated heterocycles. The molecule has 2 N–H and O–H groups in total. The van der Waals surface area contributed by atoms with Crippen LogP contribution in [0.15, 0.2) is 0 Å². The first-order chi connectivity index (χ1) is 11.0. The van der Waals surface area contributed by atoms with E-state index in [0.717, 1.165) is 0 Å². The number of esters is 1. The van der Waals surface area contributed by atoms with Crippen molar-refractivity contribution in [2.75, 3.05) is 13.7 Å². The Kier molecular flexibility index (Phi) is 6.59. The van der Waals surface area contributed by atoms with E-state index in [1.54, 1.807) is 34.6 Å². The number of hydrogen-bond acceptors (Lipinski definition) is 6. The van der Waals surface area contributed by atoms with Crippen molar-refractivity contribution >= 4 is 18.0 Å². The number of rotatable bonds is 4. The zero-order valence-corrected chi connectivity index (χ0v) is 15.2. The van der Waals surface area contributed by atoms with Crippen LogP contribution in [-0.2, 0) is 19.1 Å². The molecule has 1 heterocycles. The Bertz CT molecular complexity index is 485. The van der Waals surface area contributed by atoms with Gasteiger partial charge in [-0.05, 0) is 26.7 Å². The summed E-state index contributed by atoms with van der Waals surface area (Å²) in [6.07, 6.45) is -1.38. The molecule has 0 bridgehead atoms. The molecule has 0 unspecified atom stereocenters. The first-order valence-electron chi connectivity index (χ1n) is 8.02. The van der Waals surface area contributed by atoms with Crippen LogP contribution in [0.4, 0.5) is 4.79 Å². The van der Waals surface area contributed by atoms with E-state index in [0.29, 0.717) is 0 Å². The van der Waals surface area contributed by atoms with Crippen molar-refractivity contribution in [1.82, 2.24) is 10.2 Å². The minimum atomic E-state index is -0.864. The molecule has 0 aromatic rings. The van der Waals surface area contributed by atoms with E-state index >= 15 is 0 Å². The highest BCUT2D eigenvalue weighted by molar-refractivity contribution is 5.90. The molecule has 0 spiro atoms. The third kappa shape index (κ3) is 5.36. The topological polar surface area (TPSA) is 105 Å². The van der Waals surface area contributed by atoms with Gasteiger partial charge in [0.2, 0.25) is 5.91 Å². The molecule has 8 nitrogen and oxygen atoms in total. The number of amides is 2. The third-order valence-corrected chi connectivity index (χ3v) is 3.64. The van der Waals surface area contributed by atoms with E-state index in [1.165, 1.54) is 12.0 Å². The van der Waals surface area contributed by atoms with Crippen LogP contribution in [0.25, 0.3) is 0 Å². The maximum atomic E-state index is 12.8. The highest BCUT2D eigenvalue weighted by atomic mass is 16.6. The van der Waals surface area contributed by atoms with E-state index < -0.39 is 41.8 Å². The molecule has 0 radical (unpaired) electrons. The number of carbonyl (C=O) groups excluding carboxylic acids is 3. The lowest BCUT2D eigenvalue weighted by atomic mass is 10.0. The SMILES string of the molecule is COC(=O)[C@@H]1C[C@@H](O)CN1C(=O)[C@@H](NC(=O)OC(C)(C)C)C(C)C. The Balaban J connectivity index is 2.89. The van der Waals surface area contributed by atoms with E-state index in [1.807, 2.05) is 0 Å². The maximum absolute atomic E-state index is 12.8. The fraction of sp³-hybridized carbons (Fsp3) is 0.812. The largest absolute Gasteiger partial charge is 0.467 e. The van der Waals surface area contributed by atoms with Crippen LogP contribution in [-0.4, -0.2) is 65.4 Å². The Morgan fingerprint density at radius 1 is 1.25 bits per heavy atom. The summed E-state index contributed by atoms with van der Waals surface area (Å²) in [5.74, 6) is -1.25. The Labute approximate surface area is 142 Å². The lowest BCUT2D eigenvalue weighted by Gasteiger charge is -2.30. The average Bonchev–Trinajstić information content (AvgIpc) is 2.83. The smallest absolute Gasteiger partial charge is 0.408 e. The summed E-state index contributed by atoms with van der Waals surface area (Å²) in [6, 6.07) is -1.71. The molecule has 1 aliphatic heterocycles. The number of β-amino-alcohol motifs (C(OH)–C–C–N with tert-alkyl or cyclic N) is 1. The van der Waals surface area contributed by atoms with Crippen LogP contribution in [0.3, 0.4) is 0 Å². The predicted molar refractivity (Wildman–Crippen MR) is 86.1 cm³/mol. The van der Waals surface area contributed by atoms with Crippen molar-refractivity contribution < 1.29 is 29.0 Å². The predicted octanol–water partition coefficient (Wildman–Crippen LogP) is 0.670. The van der Waals surface area contributed by atoms with Gasteiger partial charge in [0.25, 0.3) is 0 Å². The van der Waals surface area contributed by atoms with Gasteiger partial charge in [0, 0.05) is 13.0 Å². The van der Waals surface area contributed by atoms with Gasteiger partial charge in [-0.15, -0.1) is 0 Å². The molecule has 1 rings (SSSR count). The molecule has 1 aliphatic rings. The molecule has 1 fully saturated rings. The summed E-state index contributed by atoms with van der Waals surface area (Å²) in [7, 11) is 1.23. The van der Waals surface area contributed by atoms with Crippen molar-refractivity contribution in [2.45, 2.75) is 64.8 Å². The molecule has 0 aromatic heterocycles. The van der Waals surface area contributed by atoms with Gasteiger partial charge in [-0.3, -0.25) is 4.79 Å². The zero-order chi connectivity index (χ0) is 18.7.